The van der Waals surface area contributed by atoms with Crippen LogP contribution in [0.2, 0.25) is 0 Å². The third-order valence-corrected chi connectivity index (χ3v) is 6.28. The van der Waals surface area contributed by atoms with E-state index in [0.717, 1.165) is 6.21 Å². The summed E-state index contributed by atoms with van der Waals surface area (Å²) in [4.78, 5) is 23.8. The molecule has 1 aromatic rings. The summed E-state index contributed by atoms with van der Waals surface area (Å²) < 4.78 is 10.2. The first-order valence-electron chi connectivity index (χ1n) is 13.0. The lowest BCUT2D eigenvalue weighted by Gasteiger charge is -2.40. The van der Waals surface area contributed by atoms with Crippen molar-refractivity contribution in [3.8, 4) is 5.75 Å². The Labute approximate surface area is 235 Å². The van der Waals surface area contributed by atoms with Crippen LogP contribution in [-0.2, 0) is 19.1 Å². The van der Waals surface area contributed by atoms with Gasteiger partial charge in [-0.1, -0.05) is 18.6 Å². The van der Waals surface area contributed by atoms with E-state index in [1.54, 1.807) is 18.2 Å². The summed E-state index contributed by atoms with van der Waals surface area (Å²) in [6.07, 6.45) is -13.0. The number of hydrogen-bond donors (Lipinski definition) is 11. The number of ether oxygens (including phenoxy) is 2. The van der Waals surface area contributed by atoms with Crippen LogP contribution in [0.1, 0.15) is 32.1 Å². The van der Waals surface area contributed by atoms with Crippen LogP contribution < -0.4 is 10.7 Å². The summed E-state index contributed by atoms with van der Waals surface area (Å²) >= 11 is 0. The molecule has 0 aliphatic carbocycles. The number of carbonyl (C=O) groups excluding carboxylic acids is 2. The minimum Gasteiger partial charge on any atom is -0.506 e. The van der Waals surface area contributed by atoms with Crippen LogP contribution in [0.15, 0.2) is 29.4 Å². The number of aliphatic hydroxyl groups excluding tert-OH is 8. The number of phenols is 1. The summed E-state index contributed by atoms with van der Waals surface area (Å²) in [5, 5.41) is 94.6. The third kappa shape index (κ3) is 10.9. The van der Waals surface area contributed by atoms with E-state index in [1.165, 1.54) is 6.07 Å². The molecule has 41 heavy (non-hydrogen) atoms. The van der Waals surface area contributed by atoms with Crippen LogP contribution in [0.25, 0.3) is 0 Å². The number of phenolic OH excluding ortho intramolecular Hbond substituents is 1. The van der Waals surface area contributed by atoms with Gasteiger partial charge in [0.2, 0.25) is 11.8 Å². The summed E-state index contributed by atoms with van der Waals surface area (Å²) in [6.45, 7) is -1.44. The number of amides is 2. The smallest absolute Gasteiger partial charge is 0.240 e. The normalized spacial score (nSPS) is 25.8. The van der Waals surface area contributed by atoms with Crippen LogP contribution in [0, 0.1) is 0 Å². The topological polar surface area (TPSA) is 271 Å². The third-order valence-electron chi connectivity index (χ3n) is 6.28. The van der Waals surface area contributed by atoms with Gasteiger partial charge in [-0.05, 0) is 25.0 Å². The molecule has 0 saturated carbocycles. The lowest BCUT2D eigenvalue weighted by molar-refractivity contribution is -0.306. The van der Waals surface area contributed by atoms with Crippen LogP contribution in [0.4, 0.5) is 5.69 Å². The first-order chi connectivity index (χ1) is 19.5. The number of para-hydroxylation sites is 2. The molecule has 0 unspecified atom stereocenters. The number of nitrogens with one attached hydrogen (secondary N) is 2. The fraction of sp³-hybridized carbons (Fsp3) is 0.640. The SMILES string of the molecule is O=C(CCCCCC(=O)Nc1ccccc1O)N/N=C/[C@H](O)[C@@H](O)[C@H](O)[C@H](O)CO[C@H]1O[C@H](CO)[C@H](O)[C@H](O)[C@H]1O. The quantitative estimate of drug-likeness (QED) is 0.0390. The van der Waals surface area contributed by atoms with Crippen LogP contribution in [0.3, 0.4) is 0 Å². The molecule has 16 nitrogen and oxygen atoms in total. The molecule has 1 aromatic carbocycles. The predicted octanol–water partition coefficient (Wildman–Crippen LogP) is -3.36. The summed E-state index contributed by atoms with van der Waals surface area (Å²) in [5.41, 5.74) is 2.45. The van der Waals surface area contributed by atoms with Gasteiger partial charge < -0.3 is 60.7 Å². The number of rotatable bonds is 16. The maximum absolute atomic E-state index is 11.9. The van der Waals surface area contributed by atoms with Crippen LogP contribution in [0.5, 0.6) is 5.75 Å². The van der Waals surface area contributed by atoms with E-state index in [9.17, 15) is 55.5 Å². The maximum atomic E-state index is 11.9. The lowest BCUT2D eigenvalue weighted by atomic mass is 9.99. The zero-order valence-corrected chi connectivity index (χ0v) is 22.1. The lowest BCUT2D eigenvalue weighted by Crippen LogP contribution is -2.59. The molecule has 1 saturated heterocycles. The average Bonchev–Trinajstić information content (AvgIpc) is 2.95. The molecule has 0 radical (unpaired) electrons. The van der Waals surface area contributed by atoms with Crippen LogP contribution in [-0.4, -0.2) is 132 Å². The molecule has 1 aliphatic rings. The summed E-state index contributed by atoms with van der Waals surface area (Å²) in [5.74, 6) is -0.821. The van der Waals surface area contributed by atoms with E-state index in [2.05, 4.69) is 15.8 Å². The minimum atomic E-state index is -1.97. The largest absolute Gasteiger partial charge is 0.506 e. The van der Waals surface area contributed by atoms with Gasteiger partial charge in [-0.3, -0.25) is 9.59 Å². The van der Waals surface area contributed by atoms with Crippen molar-refractivity contribution in [3.63, 3.8) is 0 Å². The van der Waals surface area contributed by atoms with E-state index in [-0.39, 0.29) is 24.5 Å². The highest BCUT2D eigenvalue weighted by atomic mass is 16.7. The Balaban J connectivity index is 1.64. The second kappa shape index (κ2) is 17.2. The minimum absolute atomic E-state index is 0.0396. The highest BCUT2D eigenvalue weighted by Crippen LogP contribution is 2.23. The van der Waals surface area contributed by atoms with Crippen molar-refractivity contribution in [3.05, 3.63) is 24.3 Å². The number of aliphatic hydroxyl groups is 8. The van der Waals surface area contributed by atoms with Gasteiger partial charge in [-0.25, -0.2) is 5.43 Å². The Hall–Kier alpha value is -2.77. The second-order valence-corrected chi connectivity index (χ2v) is 9.51. The molecule has 11 N–H and O–H groups in total. The molecule has 2 amide bonds. The molecule has 232 valence electrons. The Morgan fingerprint density at radius 1 is 0.951 bits per heavy atom. The van der Waals surface area contributed by atoms with Gasteiger partial charge in [0.1, 0.15) is 54.6 Å². The van der Waals surface area contributed by atoms with E-state index in [1.807, 2.05) is 0 Å². The highest BCUT2D eigenvalue weighted by Gasteiger charge is 2.44. The average molecular weight is 590 g/mol. The number of benzene rings is 1. The molecular formula is C25H39N3O13. The molecular weight excluding hydrogens is 550 g/mol. The fourth-order valence-corrected chi connectivity index (χ4v) is 3.80. The molecule has 0 spiro atoms. The summed E-state index contributed by atoms with van der Waals surface area (Å²) in [7, 11) is 0. The summed E-state index contributed by atoms with van der Waals surface area (Å²) in [6, 6.07) is 6.33. The highest BCUT2D eigenvalue weighted by molar-refractivity contribution is 5.92. The number of hydrazone groups is 1. The second-order valence-electron chi connectivity index (χ2n) is 9.51. The number of unbranched alkanes of at least 4 members (excludes halogenated alkanes) is 2. The molecule has 0 bridgehead atoms. The first kappa shape index (κ1) is 34.4. The number of aromatic hydroxyl groups is 1. The Kier molecular flexibility index (Phi) is 14.5. The zero-order valence-electron chi connectivity index (χ0n) is 22.1. The van der Waals surface area contributed by atoms with E-state index in [4.69, 9.17) is 9.47 Å². The van der Waals surface area contributed by atoms with Gasteiger partial charge in [0.05, 0.1) is 25.1 Å². The van der Waals surface area contributed by atoms with Crippen molar-refractivity contribution in [1.82, 2.24) is 5.43 Å². The zero-order chi connectivity index (χ0) is 30.5. The fourth-order valence-electron chi connectivity index (χ4n) is 3.80. The van der Waals surface area contributed by atoms with Crippen molar-refractivity contribution >= 4 is 23.7 Å². The predicted molar refractivity (Wildman–Crippen MR) is 140 cm³/mol. The van der Waals surface area contributed by atoms with Crippen molar-refractivity contribution in [1.29, 1.82) is 0 Å². The Morgan fingerprint density at radius 3 is 2.27 bits per heavy atom. The van der Waals surface area contributed by atoms with E-state index in [0.29, 0.717) is 24.9 Å². The van der Waals surface area contributed by atoms with Gasteiger partial charge in [0.25, 0.3) is 0 Å². The van der Waals surface area contributed by atoms with Gasteiger partial charge >= 0.3 is 0 Å². The number of hydrogen-bond acceptors (Lipinski definition) is 14. The number of carbonyl (C=O) groups is 2. The molecule has 2 rings (SSSR count). The van der Waals surface area contributed by atoms with Gasteiger partial charge in [-0.15, -0.1) is 0 Å². The van der Waals surface area contributed by atoms with E-state index >= 15 is 0 Å². The van der Waals surface area contributed by atoms with Crippen molar-refractivity contribution < 1.29 is 65.0 Å². The molecule has 1 heterocycles. The monoisotopic (exact) mass is 589 g/mol. The number of nitrogens with zero attached hydrogens (tertiary/aromatic N) is 1. The van der Waals surface area contributed by atoms with Crippen LogP contribution >= 0.6 is 0 Å². The van der Waals surface area contributed by atoms with Gasteiger partial charge in [0.15, 0.2) is 6.29 Å². The Morgan fingerprint density at radius 2 is 1.61 bits per heavy atom. The van der Waals surface area contributed by atoms with Gasteiger partial charge in [-0.2, -0.15) is 5.10 Å². The van der Waals surface area contributed by atoms with Crippen molar-refractivity contribution in [2.24, 2.45) is 5.10 Å². The van der Waals surface area contributed by atoms with Crippen molar-refractivity contribution in [2.45, 2.75) is 87.2 Å². The maximum Gasteiger partial charge on any atom is 0.240 e. The first-order valence-corrected chi connectivity index (χ1v) is 13.0. The molecule has 16 heteroatoms. The van der Waals surface area contributed by atoms with E-state index < -0.39 is 74.2 Å². The Bertz CT molecular complexity index is 982. The molecule has 0 aromatic heterocycles. The van der Waals surface area contributed by atoms with Gasteiger partial charge in [0, 0.05) is 12.8 Å². The standard InChI is InChI=1S/C25H39N3O13/c29-11-17-22(37)23(38)24(39)25(41-17)40-12-16(32)21(36)20(35)15(31)10-26-28-19(34)9-3-1-2-8-18(33)27-13-6-4-5-7-14(13)30/h4-7,10,15-17,20-25,29-32,35-39H,1-3,8-9,11-12H2,(H,27,33)(H,28,34)/b26-10+/t15-,16+,17+,20+,21+,22-,23-,24+,25-/m0/s1. The molecule has 1 aliphatic heterocycles. The molecule has 9 atom stereocenters. The van der Waals surface area contributed by atoms with Crippen molar-refractivity contribution in [2.75, 3.05) is 18.5 Å². The number of anilines is 1. The molecule has 1 fully saturated rings.